The average molecular weight is 238 g/mol. The van der Waals surface area contributed by atoms with Crippen LogP contribution in [-0.4, -0.2) is 10.4 Å². The van der Waals surface area contributed by atoms with E-state index in [1.807, 2.05) is 0 Å². The highest BCUT2D eigenvalue weighted by Crippen LogP contribution is 2.24. The molecule has 0 aromatic carbocycles. The van der Waals surface area contributed by atoms with Gasteiger partial charge in [-0.15, -0.1) is 0 Å². The average Bonchev–Trinajstić information content (AvgIpc) is 2.03. The molecule has 0 spiro atoms. The first-order chi connectivity index (χ1) is 6.39. The van der Waals surface area contributed by atoms with E-state index in [0.717, 1.165) is 19.3 Å². The van der Waals surface area contributed by atoms with Crippen molar-refractivity contribution in [1.82, 2.24) is 5.32 Å². The third kappa shape index (κ3) is 6.28. The van der Waals surface area contributed by atoms with Crippen LogP contribution in [0.4, 0.5) is 0 Å². The number of hydrogen-bond donors (Lipinski definition) is 1. The van der Waals surface area contributed by atoms with Crippen molar-refractivity contribution >= 4 is 29.1 Å². The van der Waals surface area contributed by atoms with Crippen LogP contribution in [0.1, 0.15) is 39.5 Å². The Balaban J connectivity index is 3.93. The lowest BCUT2D eigenvalue weighted by Gasteiger charge is -2.20. The lowest BCUT2D eigenvalue weighted by atomic mass is 10.2. The number of nitrogens with one attached hydrogen (secondary N) is 1. The summed E-state index contributed by atoms with van der Waals surface area (Å²) in [7, 11) is 0. The maximum atomic E-state index is 11.2. The fourth-order valence-electron chi connectivity index (χ4n) is 0.932. The summed E-state index contributed by atoms with van der Waals surface area (Å²) in [5.41, 5.74) is 0.408. The van der Waals surface area contributed by atoms with E-state index in [1.54, 1.807) is 6.92 Å². The molecular weight excluding hydrogens is 221 g/mol. The normalized spacial score (nSPS) is 11.1. The second kappa shape index (κ2) is 6.31. The molecule has 82 valence electrons. The Labute approximate surface area is 95.7 Å². The summed E-state index contributed by atoms with van der Waals surface area (Å²) in [6, 6.07) is 0. The van der Waals surface area contributed by atoms with Gasteiger partial charge in [-0.05, 0) is 19.8 Å². The van der Waals surface area contributed by atoms with Crippen molar-refractivity contribution in [2.45, 2.75) is 44.0 Å². The van der Waals surface area contributed by atoms with Gasteiger partial charge < -0.3 is 5.32 Å². The van der Waals surface area contributed by atoms with E-state index in [0.29, 0.717) is 12.0 Å². The minimum absolute atomic E-state index is 0.300. The molecule has 0 aliphatic rings. The smallest absolute Gasteiger partial charge is 0.248 e. The van der Waals surface area contributed by atoms with Crippen molar-refractivity contribution in [3.05, 3.63) is 12.2 Å². The van der Waals surface area contributed by atoms with Gasteiger partial charge in [0.1, 0.15) is 0 Å². The summed E-state index contributed by atoms with van der Waals surface area (Å²) in [4.78, 5) is 11.2. The molecule has 0 saturated heterocycles. The predicted molar refractivity (Wildman–Crippen MR) is 61.5 cm³/mol. The van der Waals surface area contributed by atoms with Gasteiger partial charge in [-0.1, -0.05) is 49.5 Å². The van der Waals surface area contributed by atoms with Gasteiger partial charge in [0.25, 0.3) is 0 Å². The fourth-order valence-corrected chi connectivity index (χ4v) is 1.37. The molecule has 0 bridgehead atoms. The second-order valence-corrected chi connectivity index (χ2v) is 4.88. The highest BCUT2D eigenvalue weighted by Gasteiger charge is 2.25. The Morgan fingerprint density at radius 2 is 2.00 bits per heavy atom. The third-order valence-electron chi connectivity index (χ3n) is 1.78. The Hall–Kier alpha value is -0.210. The first-order valence-corrected chi connectivity index (χ1v) is 5.50. The molecule has 0 aromatic heterocycles. The Kier molecular flexibility index (Phi) is 6.21. The number of alkyl halides is 2. The third-order valence-corrected chi connectivity index (χ3v) is 2.35. The number of carbonyl (C=O) groups is 1. The monoisotopic (exact) mass is 237 g/mol. The largest absolute Gasteiger partial charge is 0.321 e. The van der Waals surface area contributed by atoms with Gasteiger partial charge in [-0.25, -0.2) is 0 Å². The summed E-state index contributed by atoms with van der Waals surface area (Å²) >= 11 is 11.8. The van der Waals surface area contributed by atoms with Crippen molar-refractivity contribution < 1.29 is 4.79 Å². The minimum atomic E-state index is -1.16. The number of halogens is 2. The van der Waals surface area contributed by atoms with Crippen molar-refractivity contribution in [2.75, 3.05) is 0 Å². The van der Waals surface area contributed by atoms with Crippen LogP contribution < -0.4 is 5.32 Å². The minimum Gasteiger partial charge on any atom is -0.321 e. The lowest BCUT2D eigenvalue weighted by molar-refractivity contribution is -0.117. The summed E-state index contributed by atoms with van der Waals surface area (Å²) in [6.45, 7) is 7.22. The van der Waals surface area contributed by atoms with Crippen LogP contribution in [0, 0.1) is 0 Å². The number of hydrogen-bond acceptors (Lipinski definition) is 1. The summed E-state index contributed by atoms with van der Waals surface area (Å²) in [6.07, 6.45) is 3.62. The van der Waals surface area contributed by atoms with Crippen LogP contribution in [0.15, 0.2) is 12.2 Å². The predicted octanol–water partition coefficient (Wildman–Crippen LogP) is 3.39. The van der Waals surface area contributed by atoms with E-state index in [2.05, 4.69) is 18.8 Å². The zero-order valence-electron chi connectivity index (χ0n) is 8.70. The number of rotatable bonds is 6. The number of amides is 1. The highest BCUT2D eigenvalue weighted by atomic mass is 35.5. The second-order valence-electron chi connectivity index (χ2n) is 3.40. The van der Waals surface area contributed by atoms with Gasteiger partial charge >= 0.3 is 0 Å². The molecule has 0 heterocycles. The van der Waals surface area contributed by atoms with Gasteiger partial charge in [0.15, 0.2) is 4.46 Å². The van der Waals surface area contributed by atoms with E-state index in [4.69, 9.17) is 23.2 Å². The van der Waals surface area contributed by atoms with Crippen LogP contribution in [0.3, 0.4) is 0 Å². The summed E-state index contributed by atoms with van der Waals surface area (Å²) in [5, 5.41) is 2.51. The van der Waals surface area contributed by atoms with Gasteiger partial charge in [-0.2, -0.15) is 0 Å². The Morgan fingerprint density at radius 3 is 2.43 bits per heavy atom. The van der Waals surface area contributed by atoms with E-state index >= 15 is 0 Å². The van der Waals surface area contributed by atoms with Crippen molar-refractivity contribution in [3.63, 3.8) is 0 Å². The summed E-state index contributed by atoms with van der Waals surface area (Å²) in [5.74, 6) is -0.300. The molecule has 1 N–H and O–H groups in total. The van der Waals surface area contributed by atoms with Crippen molar-refractivity contribution in [3.8, 4) is 0 Å². The molecule has 0 unspecified atom stereocenters. The standard InChI is InChI=1S/C10H17Cl2NO/c1-4-5-6-7-10(11,12)13-9(14)8(2)3/h2,4-7H2,1,3H3,(H,13,14). The molecule has 0 radical (unpaired) electrons. The molecule has 4 heteroatoms. The van der Waals surface area contributed by atoms with Crippen LogP contribution in [0.2, 0.25) is 0 Å². The molecule has 1 amide bonds. The van der Waals surface area contributed by atoms with E-state index < -0.39 is 4.46 Å². The topological polar surface area (TPSA) is 29.1 Å². The highest BCUT2D eigenvalue weighted by molar-refractivity contribution is 6.48. The number of unbranched alkanes of at least 4 members (excludes halogenated alkanes) is 2. The molecule has 0 rings (SSSR count). The molecule has 0 aliphatic carbocycles. The van der Waals surface area contributed by atoms with E-state index in [9.17, 15) is 4.79 Å². The SMILES string of the molecule is C=C(C)C(=O)NC(Cl)(Cl)CCCCC. The fraction of sp³-hybridized carbons (Fsp3) is 0.700. The molecule has 2 nitrogen and oxygen atoms in total. The van der Waals surface area contributed by atoms with E-state index in [-0.39, 0.29) is 5.91 Å². The quantitative estimate of drug-likeness (QED) is 0.327. The van der Waals surface area contributed by atoms with Crippen LogP contribution in [-0.2, 0) is 4.79 Å². The van der Waals surface area contributed by atoms with Crippen molar-refractivity contribution in [2.24, 2.45) is 0 Å². The van der Waals surface area contributed by atoms with Gasteiger partial charge in [0.05, 0.1) is 0 Å². The van der Waals surface area contributed by atoms with Gasteiger partial charge in [-0.3, -0.25) is 4.79 Å². The lowest BCUT2D eigenvalue weighted by Crippen LogP contribution is -2.39. The Morgan fingerprint density at radius 1 is 1.43 bits per heavy atom. The Bertz CT molecular complexity index is 214. The molecular formula is C10H17Cl2NO. The van der Waals surface area contributed by atoms with Crippen LogP contribution in [0.25, 0.3) is 0 Å². The first-order valence-electron chi connectivity index (χ1n) is 4.75. The molecule has 14 heavy (non-hydrogen) atoms. The molecule has 0 aliphatic heterocycles. The van der Waals surface area contributed by atoms with Crippen LogP contribution in [0.5, 0.6) is 0 Å². The first kappa shape index (κ1) is 13.8. The molecule has 0 atom stereocenters. The van der Waals surface area contributed by atoms with Crippen LogP contribution >= 0.6 is 23.2 Å². The van der Waals surface area contributed by atoms with Crippen molar-refractivity contribution in [1.29, 1.82) is 0 Å². The summed E-state index contributed by atoms with van der Waals surface area (Å²) < 4.78 is -1.16. The number of carbonyl (C=O) groups excluding carboxylic acids is 1. The maximum absolute atomic E-state index is 11.2. The molecule has 0 aromatic rings. The zero-order valence-corrected chi connectivity index (χ0v) is 10.2. The van der Waals surface area contributed by atoms with Gasteiger partial charge in [0, 0.05) is 5.57 Å². The maximum Gasteiger partial charge on any atom is 0.248 e. The molecule has 0 saturated carbocycles. The van der Waals surface area contributed by atoms with Gasteiger partial charge in [0.2, 0.25) is 5.91 Å². The zero-order chi connectivity index (χ0) is 11.2. The molecule has 0 fully saturated rings. The van der Waals surface area contributed by atoms with E-state index in [1.165, 1.54) is 0 Å².